The highest BCUT2D eigenvalue weighted by Gasteiger charge is 2.08. The van der Waals surface area contributed by atoms with E-state index < -0.39 is 11.6 Å². The Kier molecular flexibility index (Phi) is 4.53. The maximum absolute atomic E-state index is 13.5. The third kappa shape index (κ3) is 3.80. The summed E-state index contributed by atoms with van der Waals surface area (Å²) in [4.78, 5) is 0. The van der Waals surface area contributed by atoms with Gasteiger partial charge in [-0.3, -0.25) is 0 Å². The Balaban J connectivity index is 2.03. The van der Waals surface area contributed by atoms with Crippen molar-refractivity contribution in [1.82, 2.24) is 0 Å². The number of halogens is 3. The highest BCUT2D eigenvalue weighted by molar-refractivity contribution is 9.10. The zero-order valence-corrected chi connectivity index (χ0v) is 11.5. The topological polar surface area (TPSA) is 12.0 Å². The van der Waals surface area contributed by atoms with Gasteiger partial charge in [-0.05, 0) is 24.3 Å². The van der Waals surface area contributed by atoms with Crippen molar-refractivity contribution in [2.24, 2.45) is 0 Å². The fourth-order valence-corrected chi connectivity index (χ4v) is 1.91. The van der Waals surface area contributed by atoms with Gasteiger partial charge < -0.3 is 5.32 Å². The molecule has 96 valence electrons. The van der Waals surface area contributed by atoms with Crippen molar-refractivity contribution in [2.75, 3.05) is 11.9 Å². The average molecular weight is 322 g/mol. The first-order valence-corrected chi connectivity index (χ1v) is 6.38. The van der Waals surface area contributed by atoms with Crippen LogP contribution >= 0.6 is 15.9 Å². The standard InChI is InChI=1S/C15H10BrF2N/c16-12-9-13(17)15(14(18)10-12)19-8-4-7-11-5-2-1-3-6-11/h1-3,5-6,9-10,19H,8H2. The Morgan fingerprint density at radius 2 is 1.68 bits per heavy atom. The summed E-state index contributed by atoms with van der Waals surface area (Å²) in [7, 11) is 0. The van der Waals surface area contributed by atoms with Crippen molar-refractivity contribution < 1.29 is 8.78 Å². The van der Waals surface area contributed by atoms with E-state index >= 15 is 0 Å². The molecular formula is C15H10BrF2N. The fraction of sp³-hybridized carbons (Fsp3) is 0.0667. The molecular weight excluding hydrogens is 312 g/mol. The molecule has 0 aliphatic rings. The van der Waals surface area contributed by atoms with Gasteiger partial charge in [-0.15, -0.1) is 0 Å². The van der Waals surface area contributed by atoms with E-state index in [2.05, 4.69) is 33.1 Å². The SMILES string of the molecule is Fc1cc(Br)cc(F)c1NCC#Cc1ccccc1. The molecule has 0 aliphatic heterocycles. The minimum atomic E-state index is -0.645. The third-order valence-corrected chi connectivity index (χ3v) is 2.82. The number of hydrogen-bond donors (Lipinski definition) is 1. The predicted molar refractivity (Wildman–Crippen MR) is 75.9 cm³/mol. The van der Waals surface area contributed by atoms with Crippen LogP contribution < -0.4 is 5.32 Å². The van der Waals surface area contributed by atoms with E-state index in [1.165, 1.54) is 12.1 Å². The molecule has 2 aromatic rings. The van der Waals surface area contributed by atoms with Crippen LogP contribution in [0.5, 0.6) is 0 Å². The van der Waals surface area contributed by atoms with Gasteiger partial charge in [0.2, 0.25) is 0 Å². The lowest BCUT2D eigenvalue weighted by Crippen LogP contribution is -2.03. The summed E-state index contributed by atoms with van der Waals surface area (Å²) < 4.78 is 27.3. The van der Waals surface area contributed by atoms with E-state index in [9.17, 15) is 8.78 Å². The molecule has 0 atom stereocenters. The normalized spacial score (nSPS) is 9.63. The van der Waals surface area contributed by atoms with Crippen LogP contribution in [0.1, 0.15) is 5.56 Å². The molecule has 2 rings (SSSR count). The Hall–Kier alpha value is -1.86. The molecule has 0 aliphatic carbocycles. The van der Waals surface area contributed by atoms with Crippen LogP contribution in [0.25, 0.3) is 0 Å². The average Bonchev–Trinajstić information content (AvgIpc) is 2.38. The van der Waals surface area contributed by atoms with Crippen molar-refractivity contribution in [2.45, 2.75) is 0 Å². The number of hydrogen-bond acceptors (Lipinski definition) is 1. The maximum atomic E-state index is 13.5. The third-order valence-electron chi connectivity index (χ3n) is 2.37. The van der Waals surface area contributed by atoms with Crippen LogP contribution in [0.3, 0.4) is 0 Å². The van der Waals surface area contributed by atoms with Crippen molar-refractivity contribution >= 4 is 21.6 Å². The van der Waals surface area contributed by atoms with E-state index in [1.807, 2.05) is 30.3 Å². The first-order valence-electron chi connectivity index (χ1n) is 5.59. The fourth-order valence-electron chi connectivity index (χ4n) is 1.51. The second-order valence-corrected chi connectivity index (χ2v) is 4.68. The summed E-state index contributed by atoms with van der Waals surface area (Å²) in [6.45, 7) is 0.171. The van der Waals surface area contributed by atoms with Crippen LogP contribution in [-0.4, -0.2) is 6.54 Å². The molecule has 0 amide bonds. The maximum Gasteiger partial charge on any atom is 0.150 e. The van der Waals surface area contributed by atoms with Gasteiger partial charge in [-0.25, -0.2) is 8.78 Å². The molecule has 0 fully saturated rings. The number of anilines is 1. The number of benzene rings is 2. The van der Waals surface area contributed by atoms with Gasteiger partial charge in [-0.2, -0.15) is 0 Å². The lowest BCUT2D eigenvalue weighted by Gasteiger charge is -2.05. The van der Waals surface area contributed by atoms with Gasteiger partial charge in [0.15, 0.2) is 0 Å². The monoisotopic (exact) mass is 321 g/mol. The summed E-state index contributed by atoms with van der Waals surface area (Å²) in [6, 6.07) is 11.8. The molecule has 0 saturated carbocycles. The van der Waals surface area contributed by atoms with Gasteiger partial charge in [0.05, 0.1) is 6.54 Å². The molecule has 4 heteroatoms. The lowest BCUT2D eigenvalue weighted by atomic mass is 10.2. The van der Waals surface area contributed by atoms with E-state index in [-0.39, 0.29) is 12.2 Å². The smallest absolute Gasteiger partial charge is 0.150 e. The zero-order valence-electron chi connectivity index (χ0n) is 9.88. The van der Waals surface area contributed by atoms with E-state index in [4.69, 9.17) is 0 Å². The minimum Gasteiger partial charge on any atom is -0.369 e. The molecule has 0 heterocycles. The molecule has 1 N–H and O–H groups in total. The molecule has 0 saturated heterocycles. The minimum absolute atomic E-state index is 0.162. The van der Waals surface area contributed by atoms with Crippen LogP contribution in [0.2, 0.25) is 0 Å². The Morgan fingerprint density at radius 1 is 1.05 bits per heavy atom. The van der Waals surface area contributed by atoms with Crippen LogP contribution in [0.15, 0.2) is 46.9 Å². The number of nitrogens with one attached hydrogen (secondary N) is 1. The van der Waals surface area contributed by atoms with E-state index in [1.54, 1.807) is 0 Å². The number of rotatable bonds is 2. The molecule has 1 nitrogen and oxygen atoms in total. The largest absolute Gasteiger partial charge is 0.369 e. The van der Waals surface area contributed by atoms with Gasteiger partial charge in [0.25, 0.3) is 0 Å². The first-order chi connectivity index (χ1) is 9.16. The van der Waals surface area contributed by atoms with E-state index in [0.717, 1.165) is 5.56 Å². The molecule has 2 aromatic carbocycles. The molecule has 0 bridgehead atoms. The molecule has 0 aromatic heterocycles. The van der Waals surface area contributed by atoms with E-state index in [0.29, 0.717) is 4.47 Å². The molecule has 19 heavy (non-hydrogen) atoms. The summed E-state index contributed by atoms with van der Waals surface area (Å²) in [5.74, 6) is 4.42. The second kappa shape index (κ2) is 6.35. The van der Waals surface area contributed by atoms with Crippen molar-refractivity contribution in [1.29, 1.82) is 0 Å². The summed E-state index contributed by atoms with van der Waals surface area (Å²) in [5, 5.41) is 2.63. The summed E-state index contributed by atoms with van der Waals surface area (Å²) in [6.07, 6.45) is 0. The zero-order chi connectivity index (χ0) is 13.7. The molecule has 0 radical (unpaired) electrons. The Labute approximate surface area is 118 Å². The summed E-state index contributed by atoms with van der Waals surface area (Å²) in [5.41, 5.74) is 0.701. The highest BCUT2D eigenvalue weighted by Crippen LogP contribution is 2.23. The van der Waals surface area contributed by atoms with Crippen LogP contribution in [0, 0.1) is 23.5 Å². The van der Waals surface area contributed by atoms with Crippen molar-refractivity contribution in [3.05, 3.63) is 64.1 Å². The van der Waals surface area contributed by atoms with Crippen molar-refractivity contribution in [3.8, 4) is 11.8 Å². The Bertz CT molecular complexity index is 607. The molecule has 0 spiro atoms. The highest BCUT2D eigenvalue weighted by atomic mass is 79.9. The van der Waals surface area contributed by atoms with Gasteiger partial charge >= 0.3 is 0 Å². The Morgan fingerprint density at radius 3 is 2.32 bits per heavy atom. The van der Waals surface area contributed by atoms with Gasteiger partial charge in [0.1, 0.15) is 17.3 Å². The summed E-state index contributed by atoms with van der Waals surface area (Å²) >= 11 is 3.02. The van der Waals surface area contributed by atoms with Crippen LogP contribution in [-0.2, 0) is 0 Å². The quantitative estimate of drug-likeness (QED) is 0.818. The van der Waals surface area contributed by atoms with Crippen LogP contribution in [0.4, 0.5) is 14.5 Å². The second-order valence-electron chi connectivity index (χ2n) is 3.77. The van der Waals surface area contributed by atoms with Crippen molar-refractivity contribution in [3.63, 3.8) is 0 Å². The lowest BCUT2D eigenvalue weighted by molar-refractivity contribution is 0.588. The van der Waals surface area contributed by atoms with Gasteiger partial charge in [0, 0.05) is 10.0 Å². The van der Waals surface area contributed by atoms with Gasteiger partial charge in [-0.1, -0.05) is 46.0 Å². The first kappa shape index (κ1) is 13.6. The molecule has 0 unspecified atom stereocenters. The predicted octanol–water partition coefficient (Wildman–Crippen LogP) is 4.19.